The zero-order valence-corrected chi connectivity index (χ0v) is 12.5. The number of aromatic nitrogens is 3. The van der Waals surface area contributed by atoms with Gasteiger partial charge in [0.2, 0.25) is 5.91 Å². The number of halogens is 1. The van der Waals surface area contributed by atoms with Crippen molar-refractivity contribution in [3.8, 4) is 5.75 Å². The summed E-state index contributed by atoms with van der Waals surface area (Å²) in [5.41, 5.74) is 1.43. The topological polar surface area (TPSA) is 78.3 Å². The molecule has 0 aliphatic carbocycles. The van der Waals surface area contributed by atoms with Crippen molar-refractivity contribution in [3.63, 3.8) is 0 Å². The quantitative estimate of drug-likeness (QED) is 0.860. The van der Waals surface area contributed by atoms with Gasteiger partial charge in [-0.15, -0.1) is 0 Å². The molecule has 1 aromatic carbocycles. The van der Waals surface area contributed by atoms with Crippen LogP contribution in [0.5, 0.6) is 5.75 Å². The van der Waals surface area contributed by atoms with E-state index in [1.807, 2.05) is 0 Å². The largest absolute Gasteiger partial charge is 0.467 e. The van der Waals surface area contributed by atoms with Gasteiger partial charge in [-0.3, -0.25) is 9.48 Å². The van der Waals surface area contributed by atoms with Gasteiger partial charge in [-0.2, -0.15) is 5.10 Å². The van der Waals surface area contributed by atoms with Crippen LogP contribution in [0.4, 0.5) is 4.39 Å². The smallest absolute Gasteiger partial charge is 0.221 e. The second kappa shape index (κ2) is 7.19. The van der Waals surface area contributed by atoms with Crippen molar-refractivity contribution < 1.29 is 18.7 Å². The molecule has 0 radical (unpaired) electrons. The summed E-state index contributed by atoms with van der Waals surface area (Å²) in [7, 11) is 0. The van der Waals surface area contributed by atoms with Crippen LogP contribution >= 0.6 is 0 Å². The molecule has 1 amide bonds. The van der Waals surface area contributed by atoms with Crippen LogP contribution in [0.1, 0.15) is 17.5 Å². The third kappa shape index (κ3) is 4.04. The van der Waals surface area contributed by atoms with Crippen molar-refractivity contribution in [1.82, 2.24) is 20.1 Å². The van der Waals surface area contributed by atoms with Crippen molar-refractivity contribution in [1.29, 1.82) is 0 Å². The van der Waals surface area contributed by atoms with Crippen LogP contribution in [0.25, 0.3) is 0 Å². The molecule has 2 heterocycles. The number of carbonyl (C=O) groups is 1. The average molecular weight is 320 g/mol. The lowest BCUT2D eigenvalue weighted by molar-refractivity contribution is -0.121. The van der Waals surface area contributed by atoms with E-state index in [0.717, 1.165) is 5.56 Å². The molecule has 3 rings (SSSR count). The SMILES string of the molecule is O=C(CCn1cncn1)NCCc1cc(F)cc2c1OCOC2. The summed E-state index contributed by atoms with van der Waals surface area (Å²) in [6.07, 6.45) is 3.80. The van der Waals surface area contributed by atoms with Crippen LogP contribution < -0.4 is 10.1 Å². The Kier molecular flexibility index (Phi) is 4.82. The van der Waals surface area contributed by atoms with E-state index < -0.39 is 0 Å². The number of nitrogens with zero attached hydrogens (tertiary/aromatic N) is 3. The molecule has 8 heteroatoms. The first-order valence-corrected chi connectivity index (χ1v) is 7.33. The van der Waals surface area contributed by atoms with Crippen molar-refractivity contribution in [3.05, 3.63) is 41.7 Å². The molecule has 2 aromatic rings. The maximum absolute atomic E-state index is 13.6. The molecule has 23 heavy (non-hydrogen) atoms. The zero-order valence-electron chi connectivity index (χ0n) is 12.5. The van der Waals surface area contributed by atoms with Crippen LogP contribution in [-0.2, 0) is 29.1 Å². The van der Waals surface area contributed by atoms with Gasteiger partial charge in [0, 0.05) is 18.5 Å². The number of amides is 1. The number of nitrogens with one attached hydrogen (secondary N) is 1. The molecule has 0 unspecified atom stereocenters. The summed E-state index contributed by atoms with van der Waals surface area (Å²) in [6, 6.07) is 2.85. The highest BCUT2D eigenvalue weighted by molar-refractivity contribution is 5.75. The number of fused-ring (bicyclic) bond motifs is 1. The summed E-state index contributed by atoms with van der Waals surface area (Å²) in [5.74, 6) is 0.245. The van der Waals surface area contributed by atoms with Crippen LogP contribution in [-0.4, -0.2) is 34.0 Å². The van der Waals surface area contributed by atoms with Crippen molar-refractivity contribution in [2.24, 2.45) is 0 Å². The number of carbonyl (C=O) groups excluding carboxylic acids is 1. The van der Waals surface area contributed by atoms with Crippen molar-refractivity contribution in [2.45, 2.75) is 26.0 Å². The Morgan fingerprint density at radius 1 is 1.43 bits per heavy atom. The van der Waals surface area contributed by atoms with Gasteiger partial charge in [0.25, 0.3) is 0 Å². The van der Waals surface area contributed by atoms with E-state index in [-0.39, 0.29) is 18.5 Å². The van der Waals surface area contributed by atoms with Crippen LogP contribution in [0.2, 0.25) is 0 Å². The molecular formula is C15H17FN4O3. The van der Waals surface area contributed by atoms with Crippen molar-refractivity contribution >= 4 is 5.91 Å². The van der Waals surface area contributed by atoms with Gasteiger partial charge in [-0.05, 0) is 24.1 Å². The highest BCUT2D eigenvalue weighted by Crippen LogP contribution is 2.29. The first-order valence-electron chi connectivity index (χ1n) is 7.33. The maximum Gasteiger partial charge on any atom is 0.221 e. The maximum atomic E-state index is 13.6. The molecular weight excluding hydrogens is 303 g/mol. The Balaban J connectivity index is 1.50. The van der Waals surface area contributed by atoms with E-state index in [9.17, 15) is 9.18 Å². The summed E-state index contributed by atoms with van der Waals surface area (Å²) in [5, 5.41) is 6.74. The lowest BCUT2D eigenvalue weighted by Gasteiger charge is -2.21. The second-order valence-electron chi connectivity index (χ2n) is 5.17. The number of aryl methyl sites for hydroxylation is 1. The fourth-order valence-electron chi connectivity index (χ4n) is 2.43. The monoisotopic (exact) mass is 320 g/mol. The Morgan fingerprint density at radius 2 is 2.35 bits per heavy atom. The van der Waals surface area contributed by atoms with E-state index >= 15 is 0 Å². The molecule has 1 aliphatic heterocycles. The number of hydrogen-bond acceptors (Lipinski definition) is 5. The van der Waals surface area contributed by atoms with Gasteiger partial charge >= 0.3 is 0 Å². The molecule has 0 saturated heterocycles. The van der Waals surface area contributed by atoms with Gasteiger partial charge in [-0.25, -0.2) is 9.37 Å². The molecule has 0 spiro atoms. The van der Waals surface area contributed by atoms with Crippen LogP contribution in [0.3, 0.4) is 0 Å². The Bertz CT molecular complexity index is 676. The van der Waals surface area contributed by atoms with Gasteiger partial charge in [0.15, 0.2) is 6.79 Å². The van der Waals surface area contributed by atoms with E-state index in [0.29, 0.717) is 43.9 Å². The minimum atomic E-state index is -0.328. The molecule has 0 fully saturated rings. The predicted molar refractivity (Wildman–Crippen MR) is 78.0 cm³/mol. The summed E-state index contributed by atoms with van der Waals surface area (Å²) < 4.78 is 25.8. The van der Waals surface area contributed by atoms with Crippen molar-refractivity contribution in [2.75, 3.05) is 13.3 Å². The molecule has 0 bridgehead atoms. The molecule has 1 aliphatic rings. The first-order chi connectivity index (χ1) is 11.2. The van der Waals surface area contributed by atoms with Gasteiger partial charge < -0.3 is 14.8 Å². The molecule has 122 valence electrons. The molecule has 7 nitrogen and oxygen atoms in total. The number of ether oxygens (including phenoxy) is 2. The van der Waals surface area contributed by atoms with E-state index in [1.54, 1.807) is 11.0 Å². The standard InChI is InChI=1S/C15H17FN4O3/c16-13-5-11(15-12(6-13)7-22-10-23-15)1-3-18-14(21)2-4-20-9-17-8-19-20/h5-6,8-9H,1-4,7,10H2,(H,18,21). The fourth-order valence-corrected chi connectivity index (χ4v) is 2.43. The molecule has 1 N–H and O–H groups in total. The average Bonchev–Trinajstić information content (AvgIpc) is 3.06. The molecule has 0 atom stereocenters. The van der Waals surface area contributed by atoms with E-state index in [2.05, 4.69) is 15.4 Å². The third-order valence-electron chi connectivity index (χ3n) is 3.50. The minimum Gasteiger partial charge on any atom is -0.467 e. The number of hydrogen-bond donors (Lipinski definition) is 1. The summed E-state index contributed by atoms with van der Waals surface area (Å²) in [6.45, 7) is 1.39. The lowest BCUT2D eigenvalue weighted by Crippen LogP contribution is -2.27. The van der Waals surface area contributed by atoms with E-state index in [4.69, 9.17) is 9.47 Å². The normalized spacial score (nSPS) is 13.3. The Labute approximate surface area is 132 Å². The summed E-state index contributed by atoms with van der Waals surface area (Å²) >= 11 is 0. The van der Waals surface area contributed by atoms with Crippen LogP contribution in [0.15, 0.2) is 24.8 Å². The zero-order chi connectivity index (χ0) is 16.1. The van der Waals surface area contributed by atoms with Gasteiger partial charge in [0.1, 0.15) is 24.2 Å². The second-order valence-corrected chi connectivity index (χ2v) is 5.17. The number of rotatable bonds is 6. The Morgan fingerprint density at radius 3 is 3.17 bits per heavy atom. The highest BCUT2D eigenvalue weighted by Gasteiger charge is 2.16. The predicted octanol–water partition coefficient (Wildman–Crippen LogP) is 1.03. The first kappa shape index (κ1) is 15.4. The highest BCUT2D eigenvalue weighted by atomic mass is 19.1. The molecule has 0 saturated carbocycles. The minimum absolute atomic E-state index is 0.0879. The van der Waals surface area contributed by atoms with E-state index in [1.165, 1.54) is 18.5 Å². The fraction of sp³-hybridized carbons (Fsp3) is 0.400. The number of benzene rings is 1. The van der Waals surface area contributed by atoms with Gasteiger partial charge in [-0.1, -0.05) is 0 Å². The molecule has 1 aromatic heterocycles. The van der Waals surface area contributed by atoms with Gasteiger partial charge in [0.05, 0.1) is 13.2 Å². The lowest BCUT2D eigenvalue weighted by atomic mass is 10.1. The van der Waals surface area contributed by atoms with Crippen LogP contribution in [0, 0.1) is 5.82 Å². The Hall–Kier alpha value is -2.48. The summed E-state index contributed by atoms with van der Waals surface area (Å²) in [4.78, 5) is 15.6. The third-order valence-corrected chi connectivity index (χ3v) is 3.50.